The molecule has 1 unspecified atom stereocenters. The summed E-state index contributed by atoms with van der Waals surface area (Å²) in [5.74, 6) is 0.415. The highest BCUT2D eigenvalue weighted by Crippen LogP contribution is 2.37. The molecule has 0 N–H and O–H groups in total. The maximum Gasteiger partial charge on any atom is 0.0524 e. The Hall–Kier alpha value is -3.19. The predicted molar refractivity (Wildman–Crippen MR) is 137 cm³/mol. The highest BCUT2D eigenvalue weighted by Gasteiger charge is 2.24. The second-order valence-corrected chi connectivity index (χ2v) is 9.05. The van der Waals surface area contributed by atoms with E-state index in [-0.39, 0.29) is 0 Å². The average molecular weight is 418 g/mol. The Morgan fingerprint density at radius 1 is 0.875 bits per heavy atom. The van der Waals surface area contributed by atoms with Crippen molar-refractivity contribution >= 4 is 17.4 Å². The van der Waals surface area contributed by atoms with Gasteiger partial charge in [0.2, 0.25) is 0 Å². The molecule has 1 atom stereocenters. The van der Waals surface area contributed by atoms with Gasteiger partial charge in [0.05, 0.1) is 5.71 Å². The van der Waals surface area contributed by atoms with E-state index in [1.54, 1.807) is 0 Å². The number of nitrogens with zero attached hydrogens (tertiary/aromatic N) is 1. The molecule has 0 aromatic heterocycles. The third-order valence-electron chi connectivity index (χ3n) is 6.95. The summed E-state index contributed by atoms with van der Waals surface area (Å²) in [6, 6.07) is 26.6. The maximum absolute atomic E-state index is 5.23. The fraction of sp³-hybridized carbons (Fsp3) is 0.258. The number of aryl methyl sites for hydroxylation is 2. The van der Waals surface area contributed by atoms with Crippen LogP contribution in [-0.4, -0.2) is 5.71 Å². The van der Waals surface area contributed by atoms with Crippen molar-refractivity contribution in [1.82, 2.24) is 0 Å². The number of rotatable bonds is 7. The second kappa shape index (κ2) is 9.12. The molecular formula is C31H31N. The fourth-order valence-corrected chi connectivity index (χ4v) is 5.00. The van der Waals surface area contributed by atoms with Crippen LogP contribution in [0.5, 0.6) is 0 Å². The Morgan fingerprint density at radius 3 is 2.47 bits per heavy atom. The lowest BCUT2D eigenvalue weighted by Crippen LogP contribution is -2.02. The third-order valence-corrected chi connectivity index (χ3v) is 6.95. The molecule has 3 aromatic rings. The van der Waals surface area contributed by atoms with Gasteiger partial charge in [0.25, 0.3) is 0 Å². The van der Waals surface area contributed by atoms with Gasteiger partial charge in [0.15, 0.2) is 0 Å². The summed E-state index contributed by atoms with van der Waals surface area (Å²) in [7, 11) is 0. The number of hydrogen-bond donors (Lipinski definition) is 0. The van der Waals surface area contributed by atoms with Gasteiger partial charge in [-0.1, -0.05) is 98.8 Å². The number of allylic oxidation sites excluding steroid dienone is 3. The number of hydrogen-bond acceptors (Lipinski definition) is 1. The molecule has 0 saturated carbocycles. The van der Waals surface area contributed by atoms with Crippen LogP contribution in [0.3, 0.4) is 0 Å². The van der Waals surface area contributed by atoms with Gasteiger partial charge in [-0.2, -0.15) is 0 Å². The van der Waals surface area contributed by atoms with E-state index in [1.807, 2.05) is 0 Å². The summed E-state index contributed by atoms with van der Waals surface area (Å²) >= 11 is 0. The summed E-state index contributed by atoms with van der Waals surface area (Å²) in [6.45, 7) is 4.57. The van der Waals surface area contributed by atoms with E-state index in [1.165, 1.54) is 50.4 Å². The second-order valence-electron chi connectivity index (χ2n) is 9.05. The molecule has 160 valence electrons. The molecule has 1 heteroatoms. The topological polar surface area (TPSA) is 12.4 Å². The Kier molecular flexibility index (Phi) is 5.90. The lowest BCUT2D eigenvalue weighted by Gasteiger charge is -2.15. The predicted octanol–water partition coefficient (Wildman–Crippen LogP) is 7.69. The number of fused-ring (bicyclic) bond motifs is 1. The monoisotopic (exact) mass is 417 g/mol. The zero-order chi connectivity index (χ0) is 21.9. The first-order valence-corrected chi connectivity index (χ1v) is 12.0. The zero-order valence-electron chi connectivity index (χ0n) is 19.1. The van der Waals surface area contributed by atoms with E-state index in [0.717, 1.165) is 32.1 Å². The van der Waals surface area contributed by atoms with Gasteiger partial charge in [0, 0.05) is 12.1 Å². The van der Waals surface area contributed by atoms with Crippen molar-refractivity contribution in [2.45, 2.75) is 46.0 Å². The van der Waals surface area contributed by atoms with E-state index >= 15 is 0 Å². The molecule has 1 aliphatic heterocycles. The number of aliphatic imine (C=N–C) groups is 1. The van der Waals surface area contributed by atoms with E-state index < -0.39 is 0 Å². The molecule has 1 nitrogen and oxygen atoms in total. The van der Waals surface area contributed by atoms with Crippen LogP contribution in [0.2, 0.25) is 0 Å². The van der Waals surface area contributed by atoms with E-state index in [4.69, 9.17) is 4.99 Å². The first-order chi connectivity index (χ1) is 15.7. The molecule has 0 fully saturated rings. The lowest BCUT2D eigenvalue weighted by atomic mass is 9.90. The quantitative estimate of drug-likeness (QED) is 0.373. The molecule has 3 aromatic carbocycles. The minimum atomic E-state index is 0.415. The van der Waals surface area contributed by atoms with Crippen LogP contribution in [0, 0.1) is 5.92 Å². The SMILES string of the molecule is CCc1ccc(C2=C(C(C)CCc3cccc4c3C=CC4)N=C(c3ccccc3)C2)cc1. The van der Waals surface area contributed by atoms with E-state index in [2.05, 4.69) is 98.8 Å². The highest BCUT2D eigenvalue weighted by atomic mass is 14.8. The molecule has 32 heavy (non-hydrogen) atoms. The van der Waals surface area contributed by atoms with Gasteiger partial charge in [0.1, 0.15) is 0 Å². The van der Waals surface area contributed by atoms with E-state index in [9.17, 15) is 0 Å². The average Bonchev–Trinajstić information content (AvgIpc) is 3.51. The van der Waals surface area contributed by atoms with Crippen LogP contribution in [0.1, 0.15) is 60.1 Å². The van der Waals surface area contributed by atoms with Gasteiger partial charge in [-0.05, 0) is 70.6 Å². The molecule has 0 saturated heterocycles. The summed E-state index contributed by atoms with van der Waals surface area (Å²) in [5.41, 5.74) is 12.2. The van der Waals surface area contributed by atoms with Crippen LogP contribution >= 0.6 is 0 Å². The lowest BCUT2D eigenvalue weighted by molar-refractivity contribution is 0.610. The van der Waals surface area contributed by atoms with Crippen LogP contribution in [0.25, 0.3) is 11.6 Å². The van der Waals surface area contributed by atoms with Crippen molar-refractivity contribution in [2.75, 3.05) is 0 Å². The normalized spacial score (nSPS) is 15.8. The van der Waals surface area contributed by atoms with Gasteiger partial charge >= 0.3 is 0 Å². The zero-order valence-corrected chi connectivity index (χ0v) is 19.1. The number of benzene rings is 3. The van der Waals surface area contributed by atoms with Gasteiger partial charge < -0.3 is 0 Å². The van der Waals surface area contributed by atoms with E-state index in [0.29, 0.717) is 5.92 Å². The smallest absolute Gasteiger partial charge is 0.0524 e. The van der Waals surface area contributed by atoms with Gasteiger partial charge in [-0.25, -0.2) is 0 Å². The summed E-state index contributed by atoms with van der Waals surface area (Å²) < 4.78 is 0. The minimum absolute atomic E-state index is 0.415. The van der Waals surface area contributed by atoms with Crippen LogP contribution in [-0.2, 0) is 19.3 Å². The summed E-state index contributed by atoms with van der Waals surface area (Å²) in [6.07, 6.45) is 9.86. The molecular weight excluding hydrogens is 386 g/mol. The van der Waals surface area contributed by atoms with Crippen molar-refractivity contribution in [2.24, 2.45) is 10.9 Å². The van der Waals surface area contributed by atoms with Crippen LogP contribution < -0.4 is 0 Å². The van der Waals surface area contributed by atoms with Crippen molar-refractivity contribution in [3.8, 4) is 0 Å². The molecule has 5 rings (SSSR count). The first kappa shape index (κ1) is 20.7. The third kappa shape index (κ3) is 4.12. The van der Waals surface area contributed by atoms with Crippen molar-refractivity contribution in [1.29, 1.82) is 0 Å². The van der Waals surface area contributed by atoms with Gasteiger partial charge in [-0.15, -0.1) is 0 Å². The Balaban J connectivity index is 1.43. The van der Waals surface area contributed by atoms with Crippen molar-refractivity contribution < 1.29 is 0 Å². The highest BCUT2D eigenvalue weighted by molar-refractivity contribution is 6.10. The Labute approximate surface area is 192 Å². The molecule has 2 aliphatic rings. The maximum atomic E-state index is 5.23. The largest absolute Gasteiger partial charge is 0.256 e. The first-order valence-electron chi connectivity index (χ1n) is 12.0. The molecule has 1 aliphatic carbocycles. The van der Waals surface area contributed by atoms with Crippen molar-refractivity contribution in [3.05, 3.63) is 118 Å². The standard InChI is InChI=1S/C31H31N/c1-3-23-16-19-26(20-17-23)29-21-30(27-9-5-4-6-10-27)32-31(29)22(2)15-18-25-12-7-11-24-13-8-14-28(24)25/h4-12,14,16-17,19-20,22H,3,13,15,18,21H2,1-2H3. The van der Waals surface area contributed by atoms with Crippen LogP contribution in [0.15, 0.2) is 89.6 Å². The molecule has 0 spiro atoms. The molecule has 0 amide bonds. The molecule has 0 radical (unpaired) electrons. The van der Waals surface area contributed by atoms with Crippen LogP contribution in [0.4, 0.5) is 0 Å². The summed E-state index contributed by atoms with van der Waals surface area (Å²) in [4.78, 5) is 5.23. The molecule has 0 bridgehead atoms. The Bertz CT molecular complexity index is 1190. The Morgan fingerprint density at radius 2 is 1.69 bits per heavy atom. The fourth-order valence-electron chi connectivity index (χ4n) is 5.00. The van der Waals surface area contributed by atoms with Gasteiger partial charge in [-0.3, -0.25) is 4.99 Å². The minimum Gasteiger partial charge on any atom is -0.256 e. The molecule has 1 heterocycles. The summed E-state index contributed by atoms with van der Waals surface area (Å²) in [5, 5.41) is 0. The van der Waals surface area contributed by atoms with Crippen molar-refractivity contribution in [3.63, 3.8) is 0 Å².